The number of hydrogen-bond acceptors (Lipinski definition) is 2. The van der Waals surface area contributed by atoms with E-state index in [1.165, 1.54) is 11.1 Å². The van der Waals surface area contributed by atoms with Crippen molar-refractivity contribution in [3.05, 3.63) is 35.4 Å². The molecule has 20 heavy (non-hydrogen) atoms. The van der Waals surface area contributed by atoms with E-state index in [4.69, 9.17) is 5.73 Å². The van der Waals surface area contributed by atoms with E-state index in [2.05, 4.69) is 36.5 Å². The van der Waals surface area contributed by atoms with Gasteiger partial charge in [0.1, 0.15) is 0 Å². The highest BCUT2D eigenvalue weighted by Gasteiger charge is 2.26. The van der Waals surface area contributed by atoms with Crippen molar-refractivity contribution in [2.75, 3.05) is 6.54 Å². The van der Waals surface area contributed by atoms with Crippen molar-refractivity contribution in [1.82, 2.24) is 5.32 Å². The Balaban J connectivity index is 1.86. The van der Waals surface area contributed by atoms with E-state index in [1.807, 2.05) is 6.92 Å². The molecule has 3 N–H and O–H groups in total. The molecule has 0 saturated heterocycles. The molecule has 2 rings (SSSR count). The second-order valence-corrected chi connectivity index (χ2v) is 6.09. The van der Waals surface area contributed by atoms with E-state index in [0.29, 0.717) is 5.92 Å². The minimum Gasteiger partial charge on any atom is -0.349 e. The Kier molecular flexibility index (Phi) is 5.18. The summed E-state index contributed by atoms with van der Waals surface area (Å²) >= 11 is 0. The summed E-state index contributed by atoms with van der Waals surface area (Å²) in [4.78, 5) is 12.3. The lowest BCUT2D eigenvalue weighted by Crippen LogP contribution is -2.35. The maximum absolute atomic E-state index is 12.3. The van der Waals surface area contributed by atoms with Crippen LogP contribution in [0.3, 0.4) is 0 Å². The third-order valence-corrected chi connectivity index (χ3v) is 4.49. The normalized spacial score (nSPS) is 24.1. The van der Waals surface area contributed by atoms with Gasteiger partial charge in [0.25, 0.3) is 0 Å². The number of carbonyl (C=O) groups excluding carboxylic acids is 1. The Morgan fingerprint density at radius 2 is 1.85 bits per heavy atom. The summed E-state index contributed by atoms with van der Waals surface area (Å²) in [5.74, 6) is 0.993. The Bertz CT molecular complexity index is 433. The van der Waals surface area contributed by atoms with Crippen molar-refractivity contribution in [3.63, 3.8) is 0 Å². The molecule has 3 nitrogen and oxygen atoms in total. The maximum Gasteiger partial charge on any atom is 0.223 e. The number of rotatable bonds is 4. The third-order valence-electron chi connectivity index (χ3n) is 4.49. The van der Waals surface area contributed by atoms with Gasteiger partial charge in [0, 0.05) is 5.92 Å². The number of nitrogens with two attached hydrogens (primary N) is 1. The van der Waals surface area contributed by atoms with Gasteiger partial charge in [-0.15, -0.1) is 0 Å². The van der Waals surface area contributed by atoms with Crippen LogP contribution >= 0.6 is 0 Å². The van der Waals surface area contributed by atoms with Gasteiger partial charge in [-0.3, -0.25) is 4.79 Å². The van der Waals surface area contributed by atoms with Crippen LogP contribution in [0.15, 0.2) is 24.3 Å². The number of amides is 1. The van der Waals surface area contributed by atoms with E-state index in [0.717, 1.165) is 32.2 Å². The Labute approximate surface area is 121 Å². The van der Waals surface area contributed by atoms with Crippen molar-refractivity contribution in [2.45, 2.75) is 45.6 Å². The highest BCUT2D eigenvalue weighted by molar-refractivity contribution is 5.79. The Morgan fingerprint density at radius 1 is 1.25 bits per heavy atom. The molecular formula is C17H26N2O. The summed E-state index contributed by atoms with van der Waals surface area (Å²) < 4.78 is 0. The summed E-state index contributed by atoms with van der Waals surface area (Å²) in [5.41, 5.74) is 8.10. The number of benzene rings is 1. The topological polar surface area (TPSA) is 55.1 Å². The number of carbonyl (C=O) groups is 1. The lowest BCUT2D eigenvalue weighted by Gasteiger charge is -2.28. The van der Waals surface area contributed by atoms with Gasteiger partial charge < -0.3 is 11.1 Å². The van der Waals surface area contributed by atoms with Gasteiger partial charge in [0.05, 0.1) is 6.04 Å². The smallest absolute Gasteiger partial charge is 0.223 e. The lowest BCUT2D eigenvalue weighted by atomic mass is 9.81. The molecule has 1 fully saturated rings. The molecule has 3 heteroatoms. The van der Waals surface area contributed by atoms with E-state index in [9.17, 15) is 4.79 Å². The summed E-state index contributed by atoms with van der Waals surface area (Å²) in [6.45, 7) is 4.88. The molecule has 110 valence electrons. The van der Waals surface area contributed by atoms with Crippen molar-refractivity contribution in [3.8, 4) is 0 Å². The average Bonchev–Trinajstić information content (AvgIpc) is 2.48. The second kappa shape index (κ2) is 6.89. The predicted octanol–water partition coefficient (Wildman–Crippen LogP) is 2.94. The highest BCUT2D eigenvalue weighted by Crippen LogP contribution is 2.28. The average molecular weight is 274 g/mol. The van der Waals surface area contributed by atoms with Gasteiger partial charge in [-0.2, -0.15) is 0 Å². The first kappa shape index (κ1) is 15.0. The molecule has 1 amide bonds. The van der Waals surface area contributed by atoms with E-state index in [1.54, 1.807) is 0 Å². The van der Waals surface area contributed by atoms with Crippen LogP contribution in [0.4, 0.5) is 0 Å². The molecule has 0 aliphatic heterocycles. The first-order chi connectivity index (χ1) is 9.60. The van der Waals surface area contributed by atoms with Crippen LogP contribution in [-0.2, 0) is 4.79 Å². The summed E-state index contributed by atoms with van der Waals surface area (Å²) in [6, 6.07) is 8.43. The first-order valence-corrected chi connectivity index (χ1v) is 7.67. The van der Waals surface area contributed by atoms with Gasteiger partial charge in [0.2, 0.25) is 5.91 Å². The van der Waals surface area contributed by atoms with Crippen LogP contribution < -0.4 is 11.1 Å². The molecule has 1 aliphatic rings. The largest absolute Gasteiger partial charge is 0.349 e. The van der Waals surface area contributed by atoms with E-state index in [-0.39, 0.29) is 17.9 Å². The van der Waals surface area contributed by atoms with E-state index < -0.39 is 0 Å². The second-order valence-electron chi connectivity index (χ2n) is 6.09. The van der Waals surface area contributed by atoms with Crippen molar-refractivity contribution >= 4 is 5.91 Å². The summed E-state index contributed by atoms with van der Waals surface area (Å²) in [7, 11) is 0. The quantitative estimate of drug-likeness (QED) is 0.887. The fraction of sp³-hybridized carbons (Fsp3) is 0.588. The van der Waals surface area contributed by atoms with Gasteiger partial charge in [-0.25, -0.2) is 0 Å². The molecule has 0 aromatic heterocycles. The Morgan fingerprint density at radius 3 is 2.40 bits per heavy atom. The SMILES string of the molecule is Cc1ccc(C(C)NC(=O)C2CCC(CN)CC2)cc1. The van der Waals surface area contributed by atoms with Gasteiger partial charge in [0.15, 0.2) is 0 Å². The van der Waals surface area contributed by atoms with Crippen molar-refractivity contribution in [1.29, 1.82) is 0 Å². The molecule has 0 spiro atoms. The lowest BCUT2D eigenvalue weighted by molar-refractivity contribution is -0.126. The molecule has 1 aliphatic carbocycles. The van der Waals surface area contributed by atoms with Crippen LogP contribution in [0.5, 0.6) is 0 Å². The molecule has 1 saturated carbocycles. The maximum atomic E-state index is 12.3. The van der Waals surface area contributed by atoms with Crippen molar-refractivity contribution < 1.29 is 4.79 Å². The molecule has 0 heterocycles. The number of aryl methyl sites for hydroxylation is 1. The Hall–Kier alpha value is -1.35. The van der Waals surface area contributed by atoms with Gasteiger partial charge in [-0.05, 0) is 57.6 Å². The van der Waals surface area contributed by atoms with Gasteiger partial charge in [-0.1, -0.05) is 29.8 Å². The minimum atomic E-state index is 0.0790. The standard InChI is InChI=1S/C17H26N2O/c1-12-3-7-15(8-4-12)13(2)19-17(20)16-9-5-14(11-18)6-10-16/h3-4,7-8,13-14,16H,5-6,9-11,18H2,1-2H3,(H,19,20). The molecule has 1 aromatic rings. The van der Waals surface area contributed by atoms with Crippen molar-refractivity contribution in [2.24, 2.45) is 17.6 Å². The number of hydrogen-bond donors (Lipinski definition) is 2. The molecule has 1 aromatic carbocycles. The number of nitrogens with one attached hydrogen (secondary N) is 1. The first-order valence-electron chi connectivity index (χ1n) is 7.67. The van der Waals surface area contributed by atoms with Crippen LogP contribution in [0.25, 0.3) is 0 Å². The zero-order chi connectivity index (χ0) is 14.5. The molecular weight excluding hydrogens is 248 g/mol. The van der Waals surface area contributed by atoms with Crippen LogP contribution in [0, 0.1) is 18.8 Å². The molecule has 0 bridgehead atoms. The monoisotopic (exact) mass is 274 g/mol. The summed E-state index contributed by atoms with van der Waals surface area (Å²) in [6.07, 6.45) is 4.14. The zero-order valence-corrected chi connectivity index (χ0v) is 12.6. The van der Waals surface area contributed by atoms with E-state index >= 15 is 0 Å². The zero-order valence-electron chi connectivity index (χ0n) is 12.6. The molecule has 0 radical (unpaired) electrons. The fourth-order valence-corrected chi connectivity index (χ4v) is 2.93. The third kappa shape index (κ3) is 3.83. The summed E-state index contributed by atoms with van der Waals surface area (Å²) in [5, 5.41) is 3.15. The van der Waals surface area contributed by atoms with Crippen LogP contribution in [0.1, 0.15) is 49.8 Å². The molecule has 1 unspecified atom stereocenters. The highest BCUT2D eigenvalue weighted by atomic mass is 16.1. The minimum absolute atomic E-state index is 0.0790. The van der Waals surface area contributed by atoms with Crippen LogP contribution in [0.2, 0.25) is 0 Å². The molecule has 1 atom stereocenters. The predicted molar refractivity (Wildman–Crippen MR) is 82.2 cm³/mol. The van der Waals surface area contributed by atoms with Crippen LogP contribution in [-0.4, -0.2) is 12.5 Å². The van der Waals surface area contributed by atoms with Gasteiger partial charge >= 0.3 is 0 Å². The fourth-order valence-electron chi connectivity index (χ4n) is 2.93.